The van der Waals surface area contributed by atoms with Crippen molar-refractivity contribution in [3.63, 3.8) is 0 Å². The first-order valence-electron chi connectivity index (χ1n) is 11.5. The Kier molecular flexibility index (Phi) is 6.03. The summed E-state index contributed by atoms with van der Waals surface area (Å²) in [5.74, 6) is -2.13. The van der Waals surface area contributed by atoms with Crippen molar-refractivity contribution in [2.75, 3.05) is 4.72 Å². The van der Waals surface area contributed by atoms with Crippen LogP contribution in [0.5, 0.6) is 0 Å². The van der Waals surface area contributed by atoms with Gasteiger partial charge in [-0.25, -0.2) is 32.2 Å². The average Bonchev–Trinajstić information content (AvgIpc) is 3.64. The Labute approximate surface area is 206 Å². The number of anilines is 1. The largest absolute Gasteiger partial charge is 0.345 e. The molecule has 1 unspecified atom stereocenters. The second kappa shape index (κ2) is 9.05. The van der Waals surface area contributed by atoms with Crippen LogP contribution < -0.4 is 4.72 Å². The number of nitrogens with zero attached hydrogens (tertiary/aromatic N) is 3. The van der Waals surface area contributed by atoms with Crippen LogP contribution in [0, 0.1) is 11.6 Å². The zero-order chi connectivity index (χ0) is 25.6. The summed E-state index contributed by atoms with van der Waals surface area (Å²) >= 11 is 0. The van der Waals surface area contributed by atoms with Gasteiger partial charge >= 0.3 is 0 Å². The van der Waals surface area contributed by atoms with E-state index in [1.807, 2.05) is 0 Å². The molecular formula is C25H23F2N5O3S. The number of carbonyl (C=O) groups excluding carboxylic acids is 1. The van der Waals surface area contributed by atoms with Gasteiger partial charge in [0.15, 0.2) is 5.82 Å². The van der Waals surface area contributed by atoms with E-state index in [9.17, 15) is 17.6 Å². The number of hydrogen-bond acceptors (Lipinski definition) is 6. The maximum absolute atomic E-state index is 15.3. The molecule has 2 N–H and O–H groups in total. The van der Waals surface area contributed by atoms with Gasteiger partial charge in [0.05, 0.1) is 16.5 Å². The molecule has 11 heteroatoms. The molecule has 5 rings (SSSR count). The van der Waals surface area contributed by atoms with Crippen LogP contribution in [0.4, 0.5) is 14.5 Å². The van der Waals surface area contributed by atoms with Crippen LogP contribution in [0.1, 0.15) is 60.8 Å². The van der Waals surface area contributed by atoms with Crippen molar-refractivity contribution in [1.82, 2.24) is 19.9 Å². The normalized spacial score (nSPS) is 14.7. The van der Waals surface area contributed by atoms with Crippen molar-refractivity contribution in [3.8, 4) is 11.1 Å². The number of pyridine rings is 1. The van der Waals surface area contributed by atoms with E-state index in [0.717, 1.165) is 30.8 Å². The average molecular weight is 512 g/mol. The molecule has 1 saturated carbocycles. The quantitative estimate of drug-likeness (QED) is 0.323. The van der Waals surface area contributed by atoms with Gasteiger partial charge in [0.2, 0.25) is 15.8 Å². The molecule has 1 aliphatic rings. The number of benzene rings is 1. The van der Waals surface area contributed by atoms with Gasteiger partial charge in [-0.1, -0.05) is 6.92 Å². The Morgan fingerprint density at radius 1 is 1.14 bits per heavy atom. The standard InChI is InChI=1S/C25H23F2N5O3S/c1-3-13(2)36(34,35)32-20-7-6-19(26)21(22(20)27)23(33)18-12-31-25-17(18)8-15(9-30-25)16-10-28-24(29-11-16)14-4-5-14/h6-14,32H,3-5H2,1-2H3,(H,30,31). The highest BCUT2D eigenvalue weighted by Gasteiger charge is 2.28. The monoisotopic (exact) mass is 511 g/mol. The summed E-state index contributed by atoms with van der Waals surface area (Å²) in [6, 6.07) is 3.50. The molecule has 8 nitrogen and oxygen atoms in total. The van der Waals surface area contributed by atoms with Gasteiger partial charge in [0, 0.05) is 52.8 Å². The van der Waals surface area contributed by atoms with Crippen LogP contribution >= 0.6 is 0 Å². The number of nitrogens with one attached hydrogen (secondary N) is 2. The Bertz CT molecular complexity index is 1580. The topological polar surface area (TPSA) is 118 Å². The molecule has 3 aromatic heterocycles. The fourth-order valence-corrected chi connectivity index (χ4v) is 4.94. The molecule has 36 heavy (non-hydrogen) atoms. The molecule has 1 atom stereocenters. The predicted octanol–water partition coefficient (Wildman–Crippen LogP) is 4.95. The third-order valence-electron chi connectivity index (χ3n) is 6.40. The second-order valence-corrected chi connectivity index (χ2v) is 11.0. The van der Waals surface area contributed by atoms with Crippen LogP contribution in [0.2, 0.25) is 0 Å². The summed E-state index contributed by atoms with van der Waals surface area (Å²) in [7, 11) is -3.92. The minimum absolute atomic E-state index is 0.00500. The number of H-pyrrole nitrogens is 1. The van der Waals surface area contributed by atoms with Gasteiger partial charge in [-0.05, 0) is 44.4 Å². The molecule has 0 saturated heterocycles. The first-order chi connectivity index (χ1) is 17.2. The molecule has 0 bridgehead atoms. The van der Waals surface area contributed by atoms with Gasteiger partial charge < -0.3 is 4.98 Å². The molecule has 1 aromatic carbocycles. The molecular weight excluding hydrogens is 488 g/mol. The summed E-state index contributed by atoms with van der Waals surface area (Å²) in [5, 5.41) is -0.449. The molecule has 4 aromatic rings. The Morgan fingerprint density at radius 3 is 2.50 bits per heavy atom. The summed E-state index contributed by atoms with van der Waals surface area (Å²) in [6.45, 7) is 3.14. The highest BCUT2D eigenvalue weighted by molar-refractivity contribution is 7.93. The number of carbonyl (C=O) groups is 1. The van der Waals surface area contributed by atoms with Crippen LogP contribution in [-0.2, 0) is 10.0 Å². The van der Waals surface area contributed by atoms with Gasteiger partial charge in [-0.3, -0.25) is 9.52 Å². The highest BCUT2D eigenvalue weighted by Crippen LogP contribution is 2.38. The number of rotatable bonds is 8. The summed E-state index contributed by atoms with van der Waals surface area (Å²) in [5.41, 5.74) is 0.317. The fraction of sp³-hybridized carbons (Fsp3) is 0.280. The first kappa shape index (κ1) is 24.0. The summed E-state index contributed by atoms with van der Waals surface area (Å²) in [4.78, 5) is 29.3. The lowest BCUT2D eigenvalue weighted by atomic mass is 10.0. The Hall–Kier alpha value is -3.73. The van der Waals surface area contributed by atoms with Gasteiger partial charge in [-0.2, -0.15) is 0 Å². The SMILES string of the molecule is CCC(C)S(=O)(=O)Nc1ccc(F)c(C(=O)c2c[nH]c3ncc(-c4cnc(C5CC5)nc4)cc23)c1F. The smallest absolute Gasteiger partial charge is 0.235 e. The van der Waals surface area contributed by atoms with E-state index < -0.39 is 43.9 Å². The van der Waals surface area contributed by atoms with Gasteiger partial charge in [0.25, 0.3) is 0 Å². The second-order valence-electron chi connectivity index (χ2n) is 8.91. The van der Waals surface area contributed by atoms with Gasteiger partial charge in [-0.15, -0.1) is 0 Å². The van der Waals surface area contributed by atoms with Crippen molar-refractivity contribution < 1.29 is 22.0 Å². The maximum atomic E-state index is 15.3. The summed E-state index contributed by atoms with van der Waals surface area (Å²) in [6.07, 6.45) is 8.74. The third kappa shape index (κ3) is 4.34. The number of aromatic amines is 1. The van der Waals surface area contributed by atoms with Crippen LogP contribution in [0.3, 0.4) is 0 Å². The lowest BCUT2D eigenvalue weighted by Gasteiger charge is -2.15. The predicted molar refractivity (Wildman–Crippen MR) is 131 cm³/mol. The molecule has 0 radical (unpaired) electrons. The van der Waals surface area contributed by atoms with E-state index in [1.54, 1.807) is 31.6 Å². The highest BCUT2D eigenvalue weighted by atomic mass is 32.2. The van der Waals surface area contributed by atoms with E-state index >= 15 is 4.39 Å². The number of hydrogen-bond donors (Lipinski definition) is 2. The minimum Gasteiger partial charge on any atom is -0.345 e. The zero-order valence-electron chi connectivity index (χ0n) is 19.5. The van der Waals surface area contributed by atoms with E-state index in [1.165, 1.54) is 13.1 Å². The van der Waals surface area contributed by atoms with Crippen molar-refractivity contribution >= 4 is 32.5 Å². The number of aromatic nitrogens is 4. The van der Waals surface area contributed by atoms with Crippen LogP contribution in [0.15, 0.2) is 43.0 Å². The van der Waals surface area contributed by atoms with Crippen molar-refractivity contribution in [2.24, 2.45) is 0 Å². The third-order valence-corrected chi connectivity index (χ3v) is 8.30. The van der Waals surface area contributed by atoms with Crippen molar-refractivity contribution in [3.05, 3.63) is 71.6 Å². The van der Waals surface area contributed by atoms with E-state index in [0.29, 0.717) is 34.5 Å². The Balaban J connectivity index is 1.52. The maximum Gasteiger partial charge on any atom is 0.235 e. The molecule has 0 amide bonds. The number of fused-ring (bicyclic) bond motifs is 1. The lowest BCUT2D eigenvalue weighted by molar-refractivity contribution is 0.103. The first-order valence-corrected chi connectivity index (χ1v) is 13.1. The number of halogens is 2. The van der Waals surface area contributed by atoms with Crippen LogP contribution in [0.25, 0.3) is 22.2 Å². The van der Waals surface area contributed by atoms with Crippen molar-refractivity contribution in [2.45, 2.75) is 44.3 Å². The molecule has 186 valence electrons. The van der Waals surface area contributed by atoms with E-state index in [4.69, 9.17) is 0 Å². The fourth-order valence-electron chi connectivity index (χ4n) is 3.84. The van der Waals surface area contributed by atoms with Gasteiger partial charge in [0.1, 0.15) is 17.3 Å². The number of ketones is 1. The zero-order valence-corrected chi connectivity index (χ0v) is 20.4. The van der Waals surface area contributed by atoms with E-state index in [2.05, 4.69) is 24.7 Å². The summed E-state index contributed by atoms with van der Waals surface area (Å²) < 4.78 is 56.9. The molecule has 0 aliphatic heterocycles. The minimum atomic E-state index is -3.92. The molecule has 1 fully saturated rings. The molecule has 3 heterocycles. The number of sulfonamides is 1. The van der Waals surface area contributed by atoms with Crippen LogP contribution in [-0.4, -0.2) is 39.4 Å². The van der Waals surface area contributed by atoms with Crippen molar-refractivity contribution in [1.29, 1.82) is 0 Å². The Morgan fingerprint density at radius 2 is 1.83 bits per heavy atom. The molecule has 0 spiro atoms. The molecule has 1 aliphatic carbocycles. The van der Waals surface area contributed by atoms with E-state index in [-0.39, 0.29) is 5.56 Å². The lowest BCUT2D eigenvalue weighted by Crippen LogP contribution is -2.25.